The third-order valence-corrected chi connectivity index (χ3v) is 5.94. The molecule has 0 amide bonds. The van der Waals surface area contributed by atoms with Crippen LogP contribution in [-0.4, -0.2) is 43.7 Å². The van der Waals surface area contributed by atoms with E-state index in [1.807, 2.05) is 13.0 Å². The maximum atomic E-state index is 13.5. The van der Waals surface area contributed by atoms with Gasteiger partial charge < -0.3 is 15.5 Å². The maximum absolute atomic E-state index is 13.5. The number of hydrogen-bond donors (Lipinski definition) is 2. The average Bonchev–Trinajstić information content (AvgIpc) is 2.98. The Morgan fingerprint density at radius 1 is 1.39 bits per heavy atom. The number of rotatable bonds is 5. The van der Waals surface area contributed by atoms with Crippen LogP contribution in [0.15, 0.2) is 29.3 Å². The van der Waals surface area contributed by atoms with E-state index in [1.165, 1.54) is 10.9 Å². The monoisotopic (exact) mass is 517 g/mol. The van der Waals surface area contributed by atoms with E-state index in [2.05, 4.69) is 32.4 Å². The highest BCUT2D eigenvalue weighted by Gasteiger charge is 2.21. The minimum absolute atomic E-state index is 0. The van der Waals surface area contributed by atoms with Crippen LogP contribution in [0.1, 0.15) is 28.4 Å². The highest BCUT2D eigenvalue weighted by Crippen LogP contribution is 2.21. The number of aryl methyl sites for hydroxylation is 2. The molecule has 1 unspecified atom stereocenters. The molecule has 1 aliphatic heterocycles. The molecule has 1 aromatic carbocycles. The lowest BCUT2D eigenvalue weighted by Crippen LogP contribution is -2.51. The molecular weight excluding hydrogens is 488 g/mol. The lowest BCUT2D eigenvalue weighted by Gasteiger charge is -2.35. The zero-order valence-electron chi connectivity index (χ0n) is 16.7. The molecule has 154 valence electrons. The lowest BCUT2D eigenvalue weighted by molar-refractivity contribution is 0.467. The third-order valence-electron chi connectivity index (χ3n) is 4.80. The number of aliphatic imine (C=N–C) groups is 1. The SMILES string of the molecule is CN=C(NCCc1sc(C)nc1C)NC1CCCN(c2cccc(F)c2)C1.I. The lowest BCUT2D eigenvalue weighted by atomic mass is 10.0. The van der Waals surface area contributed by atoms with E-state index in [-0.39, 0.29) is 29.8 Å². The number of guanidine groups is 1. The van der Waals surface area contributed by atoms with Gasteiger partial charge in [-0.15, -0.1) is 35.3 Å². The summed E-state index contributed by atoms with van der Waals surface area (Å²) in [4.78, 5) is 12.4. The van der Waals surface area contributed by atoms with Crippen LogP contribution in [0.2, 0.25) is 0 Å². The van der Waals surface area contributed by atoms with E-state index < -0.39 is 0 Å². The molecule has 1 saturated heterocycles. The molecule has 8 heteroatoms. The second-order valence-electron chi connectivity index (χ2n) is 6.90. The normalized spacial score (nSPS) is 17.2. The molecule has 0 saturated carbocycles. The number of aromatic nitrogens is 1. The summed E-state index contributed by atoms with van der Waals surface area (Å²) in [6.07, 6.45) is 3.10. The Bertz CT molecular complexity index is 795. The van der Waals surface area contributed by atoms with Crippen molar-refractivity contribution in [1.82, 2.24) is 15.6 Å². The quantitative estimate of drug-likeness (QED) is 0.359. The van der Waals surface area contributed by atoms with Gasteiger partial charge in [-0.3, -0.25) is 4.99 Å². The smallest absolute Gasteiger partial charge is 0.191 e. The molecule has 0 radical (unpaired) electrons. The van der Waals surface area contributed by atoms with Crippen LogP contribution in [0.5, 0.6) is 0 Å². The summed E-state index contributed by atoms with van der Waals surface area (Å²) in [5.41, 5.74) is 2.07. The third kappa shape index (κ3) is 6.30. The first-order valence-corrected chi connectivity index (χ1v) is 10.3. The molecule has 2 heterocycles. The zero-order valence-corrected chi connectivity index (χ0v) is 19.8. The number of halogens is 2. The molecule has 0 spiro atoms. The van der Waals surface area contributed by atoms with Crippen LogP contribution in [0.4, 0.5) is 10.1 Å². The van der Waals surface area contributed by atoms with Crippen molar-refractivity contribution in [2.75, 3.05) is 31.6 Å². The van der Waals surface area contributed by atoms with Crippen molar-refractivity contribution in [3.63, 3.8) is 0 Å². The molecule has 0 bridgehead atoms. The van der Waals surface area contributed by atoms with Crippen molar-refractivity contribution >= 4 is 47.0 Å². The van der Waals surface area contributed by atoms with Gasteiger partial charge in [0.05, 0.1) is 10.7 Å². The fourth-order valence-electron chi connectivity index (χ4n) is 3.49. The summed E-state index contributed by atoms with van der Waals surface area (Å²) in [7, 11) is 1.80. The van der Waals surface area contributed by atoms with E-state index in [0.717, 1.165) is 61.2 Å². The molecule has 2 aromatic rings. The van der Waals surface area contributed by atoms with E-state index >= 15 is 0 Å². The molecular formula is C20H29FIN5S. The first-order chi connectivity index (χ1) is 13.0. The van der Waals surface area contributed by atoms with Crippen molar-refractivity contribution in [3.05, 3.63) is 45.7 Å². The van der Waals surface area contributed by atoms with Gasteiger partial charge in [0.1, 0.15) is 5.82 Å². The Labute approximate surface area is 187 Å². The fraction of sp³-hybridized carbons (Fsp3) is 0.500. The van der Waals surface area contributed by atoms with E-state index in [9.17, 15) is 4.39 Å². The van der Waals surface area contributed by atoms with Gasteiger partial charge in [0.2, 0.25) is 0 Å². The summed E-state index contributed by atoms with van der Waals surface area (Å²) >= 11 is 1.76. The predicted octanol–water partition coefficient (Wildman–Crippen LogP) is 3.89. The van der Waals surface area contributed by atoms with Crippen LogP contribution in [0.3, 0.4) is 0 Å². The van der Waals surface area contributed by atoms with Gasteiger partial charge in [-0.05, 0) is 44.9 Å². The van der Waals surface area contributed by atoms with Crippen LogP contribution >= 0.6 is 35.3 Å². The first kappa shape index (κ1) is 22.9. The van der Waals surface area contributed by atoms with Crippen molar-refractivity contribution in [2.24, 2.45) is 4.99 Å². The molecule has 1 aliphatic rings. The number of anilines is 1. The second kappa shape index (κ2) is 10.9. The summed E-state index contributed by atoms with van der Waals surface area (Å²) in [6.45, 7) is 6.73. The Balaban J connectivity index is 0.00000280. The summed E-state index contributed by atoms with van der Waals surface area (Å²) in [5.74, 6) is 0.633. The Hall–Kier alpha value is -1.42. The standard InChI is InChI=1S/C20H28FN5S.HI/c1-14-19(27-15(2)24-14)9-10-23-20(22-3)25-17-7-5-11-26(13-17)18-8-4-6-16(21)12-18;/h4,6,8,12,17H,5,7,9-11,13H2,1-3H3,(H2,22,23,25);1H. The number of nitrogens with one attached hydrogen (secondary N) is 2. The minimum Gasteiger partial charge on any atom is -0.369 e. The van der Waals surface area contributed by atoms with Gasteiger partial charge in [0.25, 0.3) is 0 Å². The topological polar surface area (TPSA) is 52.6 Å². The van der Waals surface area contributed by atoms with Gasteiger partial charge in [-0.1, -0.05) is 6.07 Å². The van der Waals surface area contributed by atoms with E-state index in [1.54, 1.807) is 30.5 Å². The molecule has 28 heavy (non-hydrogen) atoms. The van der Waals surface area contributed by atoms with Gasteiger partial charge in [-0.2, -0.15) is 0 Å². The molecule has 5 nitrogen and oxygen atoms in total. The van der Waals surface area contributed by atoms with Crippen molar-refractivity contribution in [3.8, 4) is 0 Å². The molecule has 3 rings (SSSR count). The van der Waals surface area contributed by atoms with E-state index in [0.29, 0.717) is 6.04 Å². The molecule has 2 N–H and O–H groups in total. The zero-order chi connectivity index (χ0) is 19.2. The van der Waals surface area contributed by atoms with Crippen molar-refractivity contribution in [2.45, 2.75) is 39.2 Å². The largest absolute Gasteiger partial charge is 0.369 e. The fourth-order valence-corrected chi connectivity index (χ4v) is 4.43. The predicted molar refractivity (Wildman–Crippen MR) is 127 cm³/mol. The second-order valence-corrected chi connectivity index (χ2v) is 8.19. The molecule has 0 aliphatic carbocycles. The van der Waals surface area contributed by atoms with Gasteiger partial charge in [-0.25, -0.2) is 9.37 Å². The van der Waals surface area contributed by atoms with Crippen LogP contribution in [-0.2, 0) is 6.42 Å². The number of piperidine rings is 1. The molecule has 1 aromatic heterocycles. The Morgan fingerprint density at radius 3 is 2.89 bits per heavy atom. The number of thiazole rings is 1. The number of benzene rings is 1. The summed E-state index contributed by atoms with van der Waals surface area (Å²) < 4.78 is 13.5. The highest BCUT2D eigenvalue weighted by molar-refractivity contribution is 14.0. The number of nitrogens with zero attached hydrogens (tertiary/aromatic N) is 3. The highest BCUT2D eigenvalue weighted by atomic mass is 127. The average molecular weight is 517 g/mol. The Kier molecular flexibility index (Phi) is 8.94. The van der Waals surface area contributed by atoms with Crippen LogP contribution < -0.4 is 15.5 Å². The molecule has 1 atom stereocenters. The van der Waals surface area contributed by atoms with Gasteiger partial charge in [0, 0.05) is 49.7 Å². The van der Waals surface area contributed by atoms with Crippen molar-refractivity contribution in [1.29, 1.82) is 0 Å². The first-order valence-electron chi connectivity index (χ1n) is 9.45. The maximum Gasteiger partial charge on any atom is 0.191 e. The summed E-state index contributed by atoms with van der Waals surface area (Å²) in [5, 5.41) is 8.04. The number of hydrogen-bond acceptors (Lipinski definition) is 4. The summed E-state index contributed by atoms with van der Waals surface area (Å²) in [6, 6.07) is 7.12. The van der Waals surface area contributed by atoms with Crippen LogP contribution in [0.25, 0.3) is 0 Å². The molecule has 1 fully saturated rings. The van der Waals surface area contributed by atoms with Crippen molar-refractivity contribution < 1.29 is 4.39 Å². The van der Waals surface area contributed by atoms with Gasteiger partial charge >= 0.3 is 0 Å². The Morgan fingerprint density at radius 2 is 2.21 bits per heavy atom. The van der Waals surface area contributed by atoms with Gasteiger partial charge in [0.15, 0.2) is 5.96 Å². The van der Waals surface area contributed by atoms with E-state index in [4.69, 9.17) is 0 Å². The van der Waals surface area contributed by atoms with Crippen LogP contribution in [0, 0.1) is 19.7 Å². The minimum atomic E-state index is -0.186.